The summed E-state index contributed by atoms with van der Waals surface area (Å²) in [6.07, 6.45) is 3.45. The third-order valence-corrected chi connectivity index (χ3v) is 2.28. The Morgan fingerprint density at radius 2 is 2.45 bits per heavy atom. The topological polar surface area (TPSA) is 63.8 Å². The molecule has 0 aliphatic carbocycles. The highest BCUT2D eigenvalue weighted by Gasteiger charge is 1.99. The van der Waals surface area contributed by atoms with Crippen molar-refractivity contribution < 1.29 is 0 Å². The SMILES string of the molecule is NNc1nc2cnccc2s1. The highest BCUT2D eigenvalue weighted by atomic mass is 32.1. The van der Waals surface area contributed by atoms with Gasteiger partial charge in [-0.3, -0.25) is 10.4 Å². The molecule has 2 heterocycles. The summed E-state index contributed by atoms with van der Waals surface area (Å²) >= 11 is 1.51. The number of nitrogens with one attached hydrogen (secondary N) is 1. The molecule has 0 radical (unpaired) electrons. The van der Waals surface area contributed by atoms with Crippen LogP contribution < -0.4 is 11.3 Å². The second kappa shape index (κ2) is 2.44. The molecular formula is C6H6N4S. The van der Waals surface area contributed by atoms with Crippen molar-refractivity contribution in [3.63, 3.8) is 0 Å². The van der Waals surface area contributed by atoms with Crippen LogP contribution in [0.3, 0.4) is 0 Å². The van der Waals surface area contributed by atoms with Gasteiger partial charge in [0.15, 0.2) is 5.13 Å². The van der Waals surface area contributed by atoms with Gasteiger partial charge in [-0.25, -0.2) is 10.8 Å². The Balaban J connectivity index is 2.69. The zero-order valence-corrected chi connectivity index (χ0v) is 6.43. The van der Waals surface area contributed by atoms with Crippen LogP contribution >= 0.6 is 11.3 Å². The number of nitrogen functional groups attached to an aromatic ring is 1. The molecule has 0 aromatic carbocycles. The fraction of sp³-hybridized carbons (Fsp3) is 0. The lowest BCUT2D eigenvalue weighted by molar-refractivity contribution is 1.29. The molecule has 0 aliphatic heterocycles. The van der Waals surface area contributed by atoms with Crippen LogP contribution in [0, 0.1) is 0 Å². The predicted octanol–water partition coefficient (Wildman–Crippen LogP) is 0.977. The summed E-state index contributed by atoms with van der Waals surface area (Å²) in [6.45, 7) is 0. The molecular weight excluding hydrogens is 160 g/mol. The molecule has 0 unspecified atom stereocenters. The number of pyridine rings is 1. The van der Waals surface area contributed by atoms with Gasteiger partial charge in [0.1, 0.15) is 5.52 Å². The van der Waals surface area contributed by atoms with Crippen molar-refractivity contribution in [3.05, 3.63) is 18.5 Å². The predicted molar refractivity (Wildman–Crippen MR) is 45.2 cm³/mol. The number of rotatable bonds is 1. The zero-order chi connectivity index (χ0) is 7.68. The number of fused-ring (bicyclic) bond motifs is 1. The minimum atomic E-state index is 0.716. The molecule has 0 fully saturated rings. The molecule has 11 heavy (non-hydrogen) atoms. The van der Waals surface area contributed by atoms with Crippen LogP contribution in [0.5, 0.6) is 0 Å². The monoisotopic (exact) mass is 166 g/mol. The molecule has 0 aliphatic rings. The molecule has 0 spiro atoms. The van der Waals surface area contributed by atoms with E-state index in [0.29, 0.717) is 5.13 Å². The summed E-state index contributed by atoms with van der Waals surface area (Å²) in [7, 11) is 0. The number of hydrazine groups is 1. The highest BCUT2D eigenvalue weighted by Crippen LogP contribution is 2.23. The Morgan fingerprint density at radius 3 is 3.18 bits per heavy atom. The van der Waals surface area contributed by atoms with Gasteiger partial charge in [0, 0.05) is 6.20 Å². The average Bonchev–Trinajstić information content (AvgIpc) is 2.46. The maximum absolute atomic E-state index is 5.19. The maximum Gasteiger partial charge on any atom is 0.198 e. The van der Waals surface area contributed by atoms with Crippen LogP contribution in [0.1, 0.15) is 0 Å². The molecule has 2 aromatic rings. The third kappa shape index (κ3) is 1.04. The lowest BCUT2D eigenvalue weighted by Crippen LogP contribution is -2.05. The van der Waals surface area contributed by atoms with E-state index in [1.165, 1.54) is 11.3 Å². The normalized spacial score (nSPS) is 10.3. The number of thiazole rings is 1. The number of aromatic nitrogens is 2. The van der Waals surface area contributed by atoms with Crippen LogP contribution in [0.25, 0.3) is 10.2 Å². The van der Waals surface area contributed by atoms with E-state index in [0.717, 1.165) is 10.2 Å². The fourth-order valence-electron chi connectivity index (χ4n) is 0.842. The summed E-state index contributed by atoms with van der Waals surface area (Å²) in [5.74, 6) is 5.19. The molecule has 0 bridgehead atoms. The van der Waals surface area contributed by atoms with E-state index in [4.69, 9.17) is 5.84 Å². The van der Waals surface area contributed by atoms with Gasteiger partial charge in [-0.1, -0.05) is 11.3 Å². The molecule has 0 saturated heterocycles. The zero-order valence-electron chi connectivity index (χ0n) is 5.61. The van der Waals surface area contributed by atoms with Crippen molar-refractivity contribution in [2.45, 2.75) is 0 Å². The summed E-state index contributed by atoms with van der Waals surface area (Å²) in [5.41, 5.74) is 3.38. The molecule has 56 valence electrons. The van der Waals surface area contributed by atoms with E-state index < -0.39 is 0 Å². The summed E-state index contributed by atoms with van der Waals surface area (Å²) in [6, 6.07) is 1.91. The average molecular weight is 166 g/mol. The summed E-state index contributed by atoms with van der Waals surface area (Å²) < 4.78 is 1.09. The Labute approximate surface area is 67.1 Å². The van der Waals surface area contributed by atoms with Crippen molar-refractivity contribution in [3.8, 4) is 0 Å². The number of hydrogen-bond acceptors (Lipinski definition) is 5. The first-order valence-electron chi connectivity index (χ1n) is 3.07. The molecule has 0 amide bonds. The number of hydrogen-bond donors (Lipinski definition) is 2. The van der Waals surface area contributed by atoms with E-state index in [-0.39, 0.29) is 0 Å². The van der Waals surface area contributed by atoms with E-state index >= 15 is 0 Å². The van der Waals surface area contributed by atoms with E-state index in [1.807, 2.05) is 6.07 Å². The van der Waals surface area contributed by atoms with Crippen molar-refractivity contribution in [1.82, 2.24) is 9.97 Å². The van der Waals surface area contributed by atoms with Gasteiger partial charge in [-0.2, -0.15) is 0 Å². The fourth-order valence-corrected chi connectivity index (χ4v) is 1.58. The van der Waals surface area contributed by atoms with Gasteiger partial charge in [-0.05, 0) is 6.07 Å². The van der Waals surface area contributed by atoms with Gasteiger partial charge >= 0.3 is 0 Å². The van der Waals surface area contributed by atoms with Gasteiger partial charge in [-0.15, -0.1) is 0 Å². The lowest BCUT2D eigenvalue weighted by Gasteiger charge is -1.84. The smallest absolute Gasteiger partial charge is 0.198 e. The van der Waals surface area contributed by atoms with E-state index in [9.17, 15) is 0 Å². The maximum atomic E-state index is 5.19. The van der Waals surface area contributed by atoms with Crippen LogP contribution in [0.2, 0.25) is 0 Å². The van der Waals surface area contributed by atoms with Crippen LogP contribution in [0.4, 0.5) is 5.13 Å². The van der Waals surface area contributed by atoms with Gasteiger partial charge in [0.25, 0.3) is 0 Å². The Hall–Kier alpha value is -1.20. The second-order valence-corrected chi connectivity index (χ2v) is 3.04. The quantitative estimate of drug-likeness (QED) is 0.489. The van der Waals surface area contributed by atoms with Gasteiger partial charge in [0.05, 0.1) is 10.9 Å². The van der Waals surface area contributed by atoms with Crippen molar-refractivity contribution in [2.24, 2.45) is 5.84 Å². The van der Waals surface area contributed by atoms with E-state index in [1.54, 1.807) is 12.4 Å². The molecule has 2 aromatic heterocycles. The number of anilines is 1. The number of nitrogens with zero attached hydrogens (tertiary/aromatic N) is 2. The lowest BCUT2D eigenvalue weighted by atomic mass is 10.5. The van der Waals surface area contributed by atoms with Crippen LogP contribution in [0.15, 0.2) is 18.5 Å². The minimum absolute atomic E-state index is 0.716. The summed E-state index contributed by atoms with van der Waals surface area (Å²) in [5, 5.41) is 0.716. The van der Waals surface area contributed by atoms with E-state index in [2.05, 4.69) is 15.4 Å². The van der Waals surface area contributed by atoms with Crippen molar-refractivity contribution in [1.29, 1.82) is 0 Å². The first kappa shape index (κ1) is 6.51. The third-order valence-electron chi connectivity index (χ3n) is 1.31. The van der Waals surface area contributed by atoms with Crippen LogP contribution in [-0.4, -0.2) is 9.97 Å². The molecule has 4 nitrogen and oxygen atoms in total. The summed E-state index contributed by atoms with van der Waals surface area (Å²) in [4.78, 5) is 8.09. The van der Waals surface area contributed by atoms with Crippen molar-refractivity contribution >= 4 is 26.7 Å². The first-order chi connectivity index (χ1) is 5.40. The van der Waals surface area contributed by atoms with Gasteiger partial charge < -0.3 is 0 Å². The highest BCUT2D eigenvalue weighted by molar-refractivity contribution is 7.22. The molecule has 2 rings (SSSR count). The molecule has 0 atom stereocenters. The molecule has 5 heteroatoms. The minimum Gasteiger partial charge on any atom is -0.300 e. The second-order valence-electron chi connectivity index (χ2n) is 2.01. The molecule has 3 N–H and O–H groups in total. The van der Waals surface area contributed by atoms with Crippen molar-refractivity contribution in [2.75, 3.05) is 5.43 Å². The Morgan fingerprint density at radius 1 is 1.55 bits per heavy atom. The largest absolute Gasteiger partial charge is 0.300 e. The standard InChI is InChI=1S/C6H6N4S/c7-10-6-9-4-3-8-2-1-5(4)11-6/h1-3H,7H2,(H,9,10). The van der Waals surface area contributed by atoms with Crippen LogP contribution in [-0.2, 0) is 0 Å². The van der Waals surface area contributed by atoms with Gasteiger partial charge in [0.2, 0.25) is 0 Å². The first-order valence-corrected chi connectivity index (χ1v) is 3.89. The molecule has 0 saturated carbocycles. The Kier molecular flexibility index (Phi) is 1.45. The number of nitrogens with two attached hydrogens (primary N) is 1. The Bertz CT molecular complexity index is 336.